The molecule has 1 aliphatic rings. The summed E-state index contributed by atoms with van der Waals surface area (Å²) in [6.07, 6.45) is 1.73. The number of amidine groups is 1. The summed E-state index contributed by atoms with van der Waals surface area (Å²) in [6, 6.07) is 5.51. The van der Waals surface area contributed by atoms with Crippen LogP contribution in [0.1, 0.15) is 19.4 Å². The quantitative estimate of drug-likeness (QED) is 0.821. The third kappa shape index (κ3) is 4.01. The molecule has 1 fully saturated rings. The molecule has 2 N–H and O–H groups in total. The van der Waals surface area contributed by atoms with E-state index in [2.05, 4.69) is 19.2 Å². The van der Waals surface area contributed by atoms with Gasteiger partial charge in [-0.3, -0.25) is 10.2 Å². The van der Waals surface area contributed by atoms with Crippen LogP contribution in [0.4, 0.5) is 0 Å². The third-order valence-electron chi connectivity index (χ3n) is 2.72. The zero-order valence-electron chi connectivity index (χ0n) is 12.2. The number of hydrogen-bond donors (Lipinski definition) is 2. The summed E-state index contributed by atoms with van der Waals surface area (Å²) >= 11 is 1.11. The Morgan fingerprint density at radius 2 is 2.14 bits per heavy atom. The average Bonchev–Trinajstić information content (AvgIpc) is 2.75. The summed E-state index contributed by atoms with van der Waals surface area (Å²) in [6.45, 7) is 4.78. The monoisotopic (exact) mass is 306 g/mol. The lowest BCUT2D eigenvalue weighted by atomic mass is 10.2. The van der Waals surface area contributed by atoms with Crippen molar-refractivity contribution in [3.05, 3.63) is 28.7 Å². The number of benzene rings is 1. The molecule has 1 aromatic carbocycles. The van der Waals surface area contributed by atoms with Crippen LogP contribution >= 0.6 is 11.8 Å². The fraction of sp³-hybridized carbons (Fsp3) is 0.333. The highest BCUT2D eigenvalue weighted by Gasteiger charge is 2.22. The summed E-state index contributed by atoms with van der Waals surface area (Å²) in [4.78, 5) is 12.1. The van der Waals surface area contributed by atoms with Crippen molar-refractivity contribution in [2.45, 2.75) is 13.8 Å². The van der Waals surface area contributed by atoms with Gasteiger partial charge in [0.05, 0.1) is 18.6 Å². The van der Waals surface area contributed by atoms with Crippen LogP contribution in [0.2, 0.25) is 0 Å². The zero-order valence-corrected chi connectivity index (χ0v) is 13.0. The molecule has 1 heterocycles. The maximum Gasteiger partial charge on any atom is 0.264 e. The molecule has 2 rings (SSSR count). The Morgan fingerprint density at radius 3 is 2.71 bits per heavy atom. The van der Waals surface area contributed by atoms with Gasteiger partial charge in [0.15, 0.2) is 16.7 Å². The number of rotatable bonds is 5. The Bertz CT molecular complexity index is 597. The molecule has 0 atom stereocenters. The highest BCUT2D eigenvalue weighted by molar-refractivity contribution is 8.18. The summed E-state index contributed by atoms with van der Waals surface area (Å²) in [5.41, 5.74) is 0.830. The summed E-state index contributed by atoms with van der Waals surface area (Å²) in [5, 5.41) is 10.0. The van der Waals surface area contributed by atoms with Gasteiger partial charge in [-0.2, -0.15) is 0 Å². The molecular weight excluding hydrogens is 288 g/mol. The van der Waals surface area contributed by atoms with Gasteiger partial charge in [0, 0.05) is 0 Å². The van der Waals surface area contributed by atoms with Crippen molar-refractivity contribution < 1.29 is 14.3 Å². The van der Waals surface area contributed by atoms with E-state index >= 15 is 0 Å². The second kappa shape index (κ2) is 6.67. The molecule has 0 aromatic heterocycles. The number of amides is 1. The van der Waals surface area contributed by atoms with Crippen LogP contribution in [0, 0.1) is 11.3 Å². The number of methoxy groups -OCH3 is 1. The topological polar surface area (TPSA) is 71.4 Å². The Hall–Kier alpha value is -1.95. The van der Waals surface area contributed by atoms with Crippen molar-refractivity contribution in [1.29, 1.82) is 5.41 Å². The second-order valence-corrected chi connectivity index (χ2v) is 6.06. The number of carbonyl (C=O) groups is 1. The van der Waals surface area contributed by atoms with Crippen LogP contribution in [0.5, 0.6) is 11.5 Å². The molecule has 5 nitrogen and oxygen atoms in total. The molecule has 1 amide bonds. The SMILES string of the molecule is COc1cc(/C=C2\SC(=N)NC2=O)ccc1OCC(C)C. The fourth-order valence-corrected chi connectivity index (χ4v) is 2.44. The highest BCUT2D eigenvalue weighted by Crippen LogP contribution is 2.31. The summed E-state index contributed by atoms with van der Waals surface area (Å²) < 4.78 is 11.0. The standard InChI is InChI=1S/C15H18N2O3S/c1-9(2)8-20-11-5-4-10(6-12(11)19-3)7-13-14(18)17-15(16)21-13/h4-7,9H,8H2,1-3H3,(H2,16,17,18)/b13-7-. The smallest absolute Gasteiger partial charge is 0.264 e. The van der Waals surface area contributed by atoms with E-state index in [0.29, 0.717) is 28.9 Å². The van der Waals surface area contributed by atoms with Crippen molar-refractivity contribution >= 4 is 28.9 Å². The van der Waals surface area contributed by atoms with Gasteiger partial charge in [0.2, 0.25) is 0 Å². The molecule has 1 saturated heterocycles. The van der Waals surface area contributed by atoms with E-state index in [4.69, 9.17) is 14.9 Å². The first-order valence-electron chi connectivity index (χ1n) is 6.60. The van der Waals surface area contributed by atoms with E-state index in [9.17, 15) is 4.79 Å². The molecule has 0 bridgehead atoms. The predicted molar refractivity (Wildman–Crippen MR) is 84.8 cm³/mol. The maximum atomic E-state index is 11.6. The van der Waals surface area contributed by atoms with Gasteiger partial charge in [-0.1, -0.05) is 19.9 Å². The fourth-order valence-electron chi connectivity index (χ4n) is 1.74. The minimum Gasteiger partial charge on any atom is -0.493 e. The van der Waals surface area contributed by atoms with Gasteiger partial charge in [0.25, 0.3) is 5.91 Å². The van der Waals surface area contributed by atoms with E-state index in [1.54, 1.807) is 13.2 Å². The van der Waals surface area contributed by atoms with Gasteiger partial charge < -0.3 is 14.8 Å². The van der Waals surface area contributed by atoms with E-state index < -0.39 is 0 Å². The molecule has 6 heteroatoms. The van der Waals surface area contributed by atoms with Crippen LogP contribution < -0.4 is 14.8 Å². The van der Waals surface area contributed by atoms with Gasteiger partial charge >= 0.3 is 0 Å². The number of carbonyl (C=O) groups excluding carboxylic acids is 1. The van der Waals surface area contributed by atoms with E-state index in [0.717, 1.165) is 17.3 Å². The number of ether oxygens (including phenoxy) is 2. The zero-order chi connectivity index (χ0) is 15.4. The predicted octanol–water partition coefficient (Wildman–Crippen LogP) is 2.87. The lowest BCUT2D eigenvalue weighted by Gasteiger charge is -2.12. The van der Waals surface area contributed by atoms with Crippen LogP contribution in [0.3, 0.4) is 0 Å². The maximum absolute atomic E-state index is 11.6. The van der Waals surface area contributed by atoms with Gasteiger partial charge in [-0.15, -0.1) is 0 Å². The van der Waals surface area contributed by atoms with Crippen LogP contribution in [0.15, 0.2) is 23.1 Å². The molecule has 0 saturated carbocycles. The van der Waals surface area contributed by atoms with Gasteiger partial charge in [0.1, 0.15) is 0 Å². The molecule has 0 aliphatic carbocycles. The molecule has 112 valence electrons. The molecule has 0 radical (unpaired) electrons. The molecule has 21 heavy (non-hydrogen) atoms. The largest absolute Gasteiger partial charge is 0.493 e. The lowest BCUT2D eigenvalue weighted by Crippen LogP contribution is -2.18. The highest BCUT2D eigenvalue weighted by atomic mass is 32.2. The molecule has 1 aromatic rings. The number of nitrogens with one attached hydrogen (secondary N) is 2. The molecule has 0 spiro atoms. The first-order chi connectivity index (χ1) is 9.99. The summed E-state index contributed by atoms with van der Waals surface area (Å²) in [7, 11) is 1.58. The number of thioether (sulfide) groups is 1. The van der Waals surface area contributed by atoms with Crippen LogP contribution in [0.25, 0.3) is 6.08 Å². The van der Waals surface area contributed by atoms with Crippen molar-refractivity contribution in [2.75, 3.05) is 13.7 Å². The second-order valence-electron chi connectivity index (χ2n) is 5.01. The first-order valence-corrected chi connectivity index (χ1v) is 7.41. The van der Waals surface area contributed by atoms with Crippen molar-refractivity contribution in [3.8, 4) is 11.5 Å². The van der Waals surface area contributed by atoms with E-state index in [1.165, 1.54) is 0 Å². The Balaban J connectivity index is 2.21. The van der Waals surface area contributed by atoms with Crippen molar-refractivity contribution in [2.24, 2.45) is 5.92 Å². The summed E-state index contributed by atoms with van der Waals surface area (Å²) in [5.74, 6) is 1.50. The van der Waals surface area contributed by atoms with Gasteiger partial charge in [-0.25, -0.2) is 0 Å². The van der Waals surface area contributed by atoms with E-state index in [-0.39, 0.29) is 11.1 Å². The lowest BCUT2D eigenvalue weighted by molar-refractivity contribution is -0.115. The molecule has 0 unspecified atom stereocenters. The molecular formula is C15H18N2O3S. The van der Waals surface area contributed by atoms with E-state index in [1.807, 2.05) is 18.2 Å². The average molecular weight is 306 g/mol. The minimum atomic E-state index is -0.246. The Morgan fingerprint density at radius 1 is 1.38 bits per heavy atom. The van der Waals surface area contributed by atoms with Gasteiger partial charge in [-0.05, 0) is 41.5 Å². The van der Waals surface area contributed by atoms with Crippen molar-refractivity contribution in [3.63, 3.8) is 0 Å². The number of hydrogen-bond acceptors (Lipinski definition) is 5. The first kappa shape index (κ1) is 15.4. The van der Waals surface area contributed by atoms with Crippen LogP contribution in [-0.4, -0.2) is 24.8 Å². The Kier molecular flexibility index (Phi) is 4.90. The minimum absolute atomic E-state index is 0.148. The third-order valence-corrected chi connectivity index (χ3v) is 3.55. The van der Waals surface area contributed by atoms with Crippen molar-refractivity contribution in [1.82, 2.24) is 5.32 Å². The Labute approximate surface area is 128 Å². The van der Waals surface area contributed by atoms with Crippen LogP contribution in [-0.2, 0) is 4.79 Å². The normalized spacial score (nSPS) is 16.5. The molecule has 1 aliphatic heterocycles.